The summed E-state index contributed by atoms with van der Waals surface area (Å²) in [6.07, 6.45) is 2.96. The van der Waals surface area contributed by atoms with Crippen LogP contribution in [0.5, 0.6) is 0 Å². The second kappa shape index (κ2) is 5.06. The molecule has 1 saturated heterocycles. The first-order valence-electron chi connectivity index (χ1n) is 7.43. The van der Waals surface area contributed by atoms with Gasteiger partial charge in [0.05, 0.1) is 6.54 Å². The maximum absolute atomic E-state index is 13.0. The molecule has 1 atom stereocenters. The second-order valence-corrected chi connectivity index (χ2v) is 6.26. The molecule has 23 heavy (non-hydrogen) atoms. The largest absolute Gasteiger partial charge is 0.325 e. The van der Waals surface area contributed by atoms with Gasteiger partial charge in [-0.25, -0.2) is 9.78 Å². The topological polar surface area (TPSA) is 62.3 Å². The predicted molar refractivity (Wildman–Crippen MR) is 84.8 cm³/mol. The summed E-state index contributed by atoms with van der Waals surface area (Å²) in [5.41, 5.74) is 1.89. The number of nitrogens with one attached hydrogen (secondary N) is 1. The third-order valence-electron chi connectivity index (χ3n) is 4.55. The quantitative estimate of drug-likeness (QED) is 0.681. The molecule has 0 saturated carbocycles. The first-order chi connectivity index (χ1) is 11.1. The Labute approximate surface area is 138 Å². The number of halogens is 1. The lowest BCUT2D eigenvalue weighted by Gasteiger charge is -2.22. The maximum Gasteiger partial charge on any atom is 0.325 e. The Balaban J connectivity index is 1.68. The molecule has 1 aliphatic heterocycles. The molecule has 3 amide bonds. The van der Waals surface area contributed by atoms with Crippen LogP contribution in [0.4, 0.5) is 4.79 Å². The van der Waals surface area contributed by atoms with E-state index < -0.39 is 5.54 Å². The van der Waals surface area contributed by atoms with Crippen molar-refractivity contribution >= 4 is 23.5 Å². The van der Waals surface area contributed by atoms with E-state index >= 15 is 0 Å². The number of aromatic nitrogens is 1. The summed E-state index contributed by atoms with van der Waals surface area (Å²) >= 11 is 5.88. The standard InChI is InChI=1S/C17H14ClN3O2/c18-14-9-11(6-8-19-14)10-21-15(22)17(20-16(21)23)7-5-12-3-1-2-4-13(12)17/h1-4,6,8-9H,5,7,10H2,(H,20,23)/t17-/m0/s1. The molecule has 6 heteroatoms. The third kappa shape index (κ3) is 2.11. The number of amides is 3. The van der Waals surface area contributed by atoms with Crippen molar-refractivity contribution in [3.63, 3.8) is 0 Å². The SMILES string of the molecule is O=C1N[C@]2(CCc3ccccc32)C(=O)N1Cc1ccnc(Cl)c1. The van der Waals surface area contributed by atoms with E-state index in [4.69, 9.17) is 11.6 Å². The van der Waals surface area contributed by atoms with Gasteiger partial charge >= 0.3 is 6.03 Å². The van der Waals surface area contributed by atoms with Gasteiger partial charge in [0.2, 0.25) is 0 Å². The van der Waals surface area contributed by atoms with E-state index in [0.29, 0.717) is 11.6 Å². The van der Waals surface area contributed by atoms with Crippen molar-refractivity contribution in [2.45, 2.75) is 24.9 Å². The lowest BCUT2D eigenvalue weighted by molar-refractivity contribution is -0.132. The van der Waals surface area contributed by atoms with Crippen LogP contribution in [0.2, 0.25) is 5.15 Å². The number of aryl methyl sites for hydroxylation is 1. The molecule has 0 bridgehead atoms. The molecule has 0 radical (unpaired) electrons. The van der Waals surface area contributed by atoms with E-state index in [1.54, 1.807) is 18.3 Å². The summed E-state index contributed by atoms with van der Waals surface area (Å²) in [5.74, 6) is -0.194. The smallest absolute Gasteiger partial charge is 0.319 e. The number of hydrogen-bond donors (Lipinski definition) is 1. The molecule has 2 aromatic rings. The number of benzene rings is 1. The predicted octanol–water partition coefficient (Wildman–Crippen LogP) is 2.63. The highest BCUT2D eigenvalue weighted by atomic mass is 35.5. The molecule has 0 unspecified atom stereocenters. The van der Waals surface area contributed by atoms with Gasteiger partial charge < -0.3 is 5.32 Å². The minimum atomic E-state index is -0.912. The van der Waals surface area contributed by atoms with E-state index in [1.165, 1.54) is 4.90 Å². The van der Waals surface area contributed by atoms with Crippen molar-refractivity contribution in [3.8, 4) is 0 Å². The molecule has 2 aliphatic rings. The molecule has 1 fully saturated rings. The lowest BCUT2D eigenvalue weighted by Crippen LogP contribution is -2.41. The summed E-state index contributed by atoms with van der Waals surface area (Å²) in [4.78, 5) is 30.5. The van der Waals surface area contributed by atoms with Crippen LogP contribution in [0.25, 0.3) is 0 Å². The van der Waals surface area contributed by atoms with Gasteiger partial charge in [-0.2, -0.15) is 0 Å². The highest BCUT2D eigenvalue weighted by molar-refractivity contribution is 6.29. The van der Waals surface area contributed by atoms with Gasteiger partial charge in [0.1, 0.15) is 10.7 Å². The fourth-order valence-electron chi connectivity index (χ4n) is 3.46. The van der Waals surface area contributed by atoms with Gasteiger partial charge in [-0.05, 0) is 41.7 Å². The molecule has 1 aromatic carbocycles. The maximum atomic E-state index is 13.0. The van der Waals surface area contributed by atoms with Crippen molar-refractivity contribution in [1.29, 1.82) is 0 Å². The van der Waals surface area contributed by atoms with Crippen molar-refractivity contribution in [2.75, 3.05) is 0 Å². The van der Waals surface area contributed by atoms with E-state index in [-0.39, 0.29) is 18.5 Å². The monoisotopic (exact) mass is 327 g/mol. The van der Waals surface area contributed by atoms with E-state index in [9.17, 15) is 9.59 Å². The molecule has 1 aromatic heterocycles. The zero-order valence-electron chi connectivity index (χ0n) is 12.3. The van der Waals surface area contributed by atoms with Crippen LogP contribution in [0, 0.1) is 0 Å². The fourth-order valence-corrected chi connectivity index (χ4v) is 3.65. The molecular formula is C17H14ClN3O2. The van der Waals surface area contributed by atoms with Crippen LogP contribution in [0.1, 0.15) is 23.1 Å². The normalized spacial score (nSPS) is 22.6. The van der Waals surface area contributed by atoms with Gasteiger partial charge in [-0.15, -0.1) is 0 Å². The summed E-state index contributed by atoms with van der Waals surface area (Å²) in [6.45, 7) is 0.191. The average Bonchev–Trinajstić information content (AvgIpc) is 3.02. The summed E-state index contributed by atoms with van der Waals surface area (Å²) in [7, 11) is 0. The first-order valence-corrected chi connectivity index (χ1v) is 7.81. The fraction of sp³-hybridized carbons (Fsp3) is 0.235. The summed E-state index contributed by atoms with van der Waals surface area (Å²) in [5, 5.41) is 3.25. The zero-order chi connectivity index (χ0) is 16.0. The molecule has 1 N–H and O–H groups in total. The number of pyridine rings is 1. The zero-order valence-corrected chi connectivity index (χ0v) is 13.0. The minimum absolute atomic E-state index is 0.191. The van der Waals surface area contributed by atoms with Crippen molar-refractivity contribution < 1.29 is 9.59 Å². The molecule has 4 rings (SSSR count). The van der Waals surface area contributed by atoms with E-state index in [2.05, 4.69) is 10.3 Å². The molecule has 2 heterocycles. The number of fused-ring (bicyclic) bond motifs is 2. The highest BCUT2D eigenvalue weighted by Crippen LogP contribution is 2.41. The van der Waals surface area contributed by atoms with Crippen LogP contribution in [-0.2, 0) is 23.3 Å². The molecule has 1 aliphatic carbocycles. The van der Waals surface area contributed by atoms with Crippen LogP contribution in [0.3, 0.4) is 0 Å². The highest BCUT2D eigenvalue weighted by Gasteiger charge is 2.55. The average molecular weight is 328 g/mol. The van der Waals surface area contributed by atoms with Crippen molar-refractivity contribution in [1.82, 2.24) is 15.2 Å². The lowest BCUT2D eigenvalue weighted by atomic mass is 9.92. The van der Waals surface area contributed by atoms with Gasteiger partial charge in [0.15, 0.2) is 0 Å². The number of rotatable bonds is 2. The Hall–Kier alpha value is -2.40. The van der Waals surface area contributed by atoms with Gasteiger partial charge in [0, 0.05) is 6.20 Å². The Morgan fingerprint density at radius 1 is 1.26 bits per heavy atom. The van der Waals surface area contributed by atoms with Gasteiger partial charge in [-0.1, -0.05) is 35.9 Å². The Kier molecular flexibility index (Phi) is 3.13. The third-order valence-corrected chi connectivity index (χ3v) is 4.76. The van der Waals surface area contributed by atoms with Crippen molar-refractivity contribution in [2.24, 2.45) is 0 Å². The van der Waals surface area contributed by atoms with Crippen LogP contribution in [-0.4, -0.2) is 21.8 Å². The van der Waals surface area contributed by atoms with Crippen molar-refractivity contribution in [3.05, 3.63) is 64.4 Å². The van der Waals surface area contributed by atoms with E-state index in [1.807, 2.05) is 24.3 Å². The number of nitrogens with zero attached hydrogens (tertiary/aromatic N) is 2. The number of imide groups is 1. The number of carbonyl (C=O) groups excluding carboxylic acids is 2. The second-order valence-electron chi connectivity index (χ2n) is 5.87. The molecule has 116 valence electrons. The van der Waals surface area contributed by atoms with Gasteiger partial charge in [-0.3, -0.25) is 9.69 Å². The number of hydrogen-bond acceptors (Lipinski definition) is 3. The summed E-state index contributed by atoms with van der Waals surface area (Å²) < 4.78 is 0. The Morgan fingerprint density at radius 3 is 2.91 bits per heavy atom. The summed E-state index contributed by atoms with van der Waals surface area (Å²) in [6, 6.07) is 10.8. The van der Waals surface area contributed by atoms with Crippen LogP contribution < -0.4 is 5.32 Å². The Bertz CT molecular complexity index is 823. The molecule has 1 spiro atoms. The molecular weight excluding hydrogens is 314 g/mol. The van der Waals surface area contributed by atoms with Crippen LogP contribution in [0.15, 0.2) is 42.6 Å². The van der Waals surface area contributed by atoms with Gasteiger partial charge in [0.25, 0.3) is 5.91 Å². The molecule has 5 nitrogen and oxygen atoms in total. The minimum Gasteiger partial charge on any atom is -0.319 e. The number of urea groups is 1. The number of carbonyl (C=O) groups is 2. The van der Waals surface area contributed by atoms with E-state index in [0.717, 1.165) is 23.1 Å². The first kappa shape index (κ1) is 14.2. The van der Waals surface area contributed by atoms with Crippen LogP contribution >= 0.6 is 11.6 Å². The Morgan fingerprint density at radius 2 is 2.09 bits per heavy atom.